The van der Waals surface area contributed by atoms with E-state index < -0.39 is 11.4 Å². The Hall–Kier alpha value is -1.84. The molecule has 0 saturated carbocycles. The van der Waals surface area contributed by atoms with Crippen LogP contribution in [-0.2, 0) is 4.79 Å². The number of amides is 1. The molecule has 1 unspecified atom stereocenters. The third kappa shape index (κ3) is 2.84. The molecule has 0 aliphatic carbocycles. The number of hydrogen-bond acceptors (Lipinski definition) is 2. The molecule has 1 aliphatic heterocycles. The lowest BCUT2D eigenvalue weighted by Crippen LogP contribution is -2.48. The zero-order valence-corrected chi connectivity index (χ0v) is 12.3. The molecule has 0 radical (unpaired) electrons. The maximum Gasteiger partial charge on any atom is 0.311 e. The van der Waals surface area contributed by atoms with Crippen molar-refractivity contribution in [1.82, 2.24) is 4.90 Å². The van der Waals surface area contributed by atoms with Crippen LogP contribution in [0.1, 0.15) is 41.3 Å². The van der Waals surface area contributed by atoms with Gasteiger partial charge in [0.15, 0.2) is 0 Å². The van der Waals surface area contributed by atoms with Crippen molar-refractivity contribution in [2.75, 3.05) is 13.1 Å². The minimum atomic E-state index is -0.827. The van der Waals surface area contributed by atoms with Gasteiger partial charge in [0.25, 0.3) is 5.91 Å². The van der Waals surface area contributed by atoms with Gasteiger partial charge in [0.05, 0.1) is 5.41 Å². The Kier molecular flexibility index (Phi) is 3.84. The molecule has 1 aromatic carbocycles. The Morgan fingerprint density at radius 3 is 2.35 bits per heavy atom. The summed E-state index contributed by atoms with van der Waals surface area (Å²) in [7, 11) is 0. The highest BCUT2D eigenvalue weighted by atomic mass is 16.4. The highest BCUT2D eigenvalue weighted by Crippen LogP contribution is 2.30. The van der Waals surface area contributed by atoms with Crippen LogP contribution >= 0.6 is 0 Å². The van der Waals surface area contributed by atoms with Gasteiger partial charge in [-0.25, -0.2) is 0 Å². The second kappa shape index (κ2) is 5.27. The molecule has 20 heavy (non-hydrogen) atoms. The first-order chi connectivity index (χ1) is 9.32. The van der Waals surface area contributed by atoms with Gasteiger partial charge in [0, 0.05) is 18.7 Å². The monoisotopic (exact) mass is 275 g/mol. The van der Waals surface area contributed by atoms with E-state index in [0.717, 1.165) is 17.5 Å². The molecule has 1 N–H and O–H groups in total. The Labute approximate surface area is 119 Å². The van der Waals surface area contributed by atoms with Crippen LogP contribution in [0.5, 0.6) is 0 Å². The summed E-state index contributed by atoms with van der Waals surface area (Å²) in [5, 5.41) is 9.32. The predicted octanol–water partition coefficient (Wildman–Crippen LogP) is 2.63. The molecule has 1 atom stereocenters. The number of piperidine rings is 1. The molecular formula is C16H21NO3. The summed E-state index contributed by atoms with van der Waals surface area (Å²) in [6, 6.07) is 5.75. The molecule has 4 nitrogen and oxygen atoms in total. The van der Waals surface area contributed by atoms with Gasteiger partial charge >= 0.3 is 5.97 Å². The van der Waals surface area contributed by atoms with E-state index in [-0.39, 0.29) is 12.5 Å². The fraction of sp³-hybridized carbons (Fsp3) is 0.500. The summed E-state index contributed by atoms with van der Waals surface area (Å²) in [4.78, 5) is 25.6. The number of aryl methyl sites for hydroxylation is 2. The van der Waals surface area contributed by atoms with Crippen molar-refractivity contribution in [3.63, 3.8) is 0 Å². The number of rotatable bonds is 2. The maximum atomic E-state index is 12.5. The molecule has 1 aromatic rings. The molecule has 1 aliphatic rings. The van der Waals surface area contributed by atoms with Gasteiger partial charge in [-0.1, -0.05) is 17.2 Å². The first-order valence-corrected chi connectivity index (χ1v) is 6.93. The predicted molar refractivity (Wildman–Crippen MR) is 76.8 cm³/mol. The second-order valence-corrected chi connectivity index (χ2v) is 6.07. The lowest BCUT2D eigenvalue weighted by atomic mass is 9.82. The van der Waals surface area contributed by atoms with E-state index in [4.69, 9.17) is 0 Å². The first-order valence-electron chi connectivity index (χ1n) is 6.93. The van der Waals surface area contributed by atoms with Crippen molar-refractivity contribution >= 4 is 11.9 Å². The number of carbonyl (C=O) groups excluding carboxylic acids is 1. The number of carboxylic acids is 1. The van der Waals surface area contributed by atoms with E-state index in [0.29, 0.717) is 18.5 Å². The molecule has 2 rings (SSSR count). The van der Waals surface area contributed by atoms with E-state index in [1.807, 2.05) is 32.0 Å². The van der Waals surface area contributed by atoms with Crippen molar-refractivity contribution < 1.29 is 14.7 Å². The fourth-order valence-electron chi connectivity index (χ4n) is 2.87. The summed E-state index contributed by atoms with van der Waals surface area (Å²) in [5.41, 5.74) is 1.92. The molecule has 108 valence electrons. The Bertz CT molecular complexity index is 532. The van der Waals surface area contributed by atoms with Gasteiger partial charge in [-0.2, -0.15) is 0 Å². The summed E-state index contributed by atoms with van der Waals surface area (Å²) >= 11 is 0. The lowest BCUT2D eigenvalue weighted by molar-refractivity contribution is -0.150. The van der Waals surface area contributed by atoms with Crippen LogP contribution in [0, 0.1) is 19.3 Å². The third-order valence-corrected chi connectivity index (χ3v) is 3.97. The molecule has 4 heteroatoms. The van der Waals surface area contributed by atoms with Crippen molar-refractivity contribution in [3.8, 4) is 0 Å². The van der Waals surface area contributed by atoms with Crippen molar-refractivity contribution in [2.24, 2.45) is 5.41 Å². The van der Waals surface area contributed by atoms with Crippen LogP contribution in [0.3, 0.4) is 0 Å². The fourth-order valence-corrected chi connectivity index (χ4v) is 2.87. The largest absolute Gasteiger partial charge is 0.481 e. The smallest absolute Gasteiger partial charge is 0.311 e. The van der Waals surface area contributed by atoms with Crippen LogP contribution in [0.2, 0.25) is 0 Å². The second-order valence-electron chi connectivity index (χ2n) is 6.07. The lowest BCUT2D eigenvalue weighted by Gasteiger charge is -2.37. The highest BCUT2D eigenvalue weighted by molar-refractivity contribution is 5.95. The average molecular weight is 275 g/mol. The van der Waals surface area contributed by atoms with Gasteiger partial charge in [-0.3, -0.25) is 9.59 Å². The zero-order valence-electron chi connectivity index (χ0n) is 12.3. The summed E-state index contributed by atoms with van der Waals surface area (Å²) in [6.45, 7) is 6.56. The Morgan fingerprint density at radius 1 is 1.20 bits per heavy atom. The number of benzene rings is 1. The van der Waals surface area contributed by atoms with Crippen molar-refractivity contribution in [3.05, 3.63) is 34.9 Å². The topological polar surface area (TPSA) is 57.6 Å². The van der Waals surface area contributed by atoms with Gasteiger partial charge in [0.2, 0.25) is 0 Å². The Balaban J connectivity index is 2.22. The SMILES string of the molecule is Cc1cc(C)cc(C(=O)N2CCCC(C)(C(=O)O)C2)c1. The number of carboxylic acid groups (broad SMARTS) is 1. The van der Waals surface area contributed by atoms with Crippen LogP contribution < -0.4 is 0 Å². The molecule has 1 fully saturated rings. The van der Waals surface area contributed by atoms with Crippen molar-refractivity contribution in [1.29, 1.82) is 0 Å². The number of carbonyl (C=O) groups is 2. The molecule has 0 bridgehead atoms. The van der Waals surface area contributed by atoms with Gasteiger partial charge < -0.3 is 10.0 Å². The Morgan fingerprint density at radius 2 is 1.80 bits per heavy atom. The van der Waals surface area contributed by atoms with Crippen LogP contribution in [0.4, 0.5) is 0 Å². The summed E-state index contributed by atoms with van der Waals surface area (Å²) in [6.07, 6.45) is 1.36. The van der Waals surface area contributed by atoms with Crippen molar-refractivity contribution in [2.45, 2.75) is 33.6 Å². The average Bonchev–Trinajstić information content (AvgIpc) is 2.36. The molecule has 1 amide bonds. The standard InChI is InChI=1S/C16H21NO3/c1-11-7-12(2)9-13(8-11)14(18)17-6-4-5-16(3,10-17)15(19)20/h7-9H,4-6,10H2,1-3H3,(H,19,20). The van der Waals surface area contributed by atoms with Crippen LogP contribution in [0.15, 0.2) is 18.2 Å². The summed E-state index contributed by atoms with van der Waals surface area (Å²) in [5.74, 6) is -0.889. The van der Waals surface area contributed by atoms with E-state index in [9.17, 15) is 14.7 Å². The molecule has 1 saturated heterocycles. The first kappa shape index (κ1) is 14.6. The maximum absolute atomic E-state index is 12.5. The zero-order chi connectivity index (χ0) is 14.9. The van der Waals surface area contributed by atoms with E-state index in [1.165, 1.54) is 0 Å². The van der Waals surface area contributed by atoms with Crippen LogP contribution in [-0.4, -0.2) is 35.0 Å². The number of likely N-dealkylation sites (tertiary alicyclic amines) is 1. The van der Waals surface area contributed by atoms with Crippen LogP contribution in [0.25, 0.3) is 0 Å². The minimum Gasteiger partial charge on any atom is -0.481 e. The van der Waals surface area contributed by atoms with E-state index in [2.05, 4.69) is 0 Å². The molecule has 1 heterocycles. The van der Waals surface area contributed by atoms with E-state index >= 15 is 0 Å². The molecular weight excluding hydrogens is 254 g/mol. The van der Waals surface area contributed by atoms with E-state index in [1.54, 1.807) is 11.8 Å². The van der Waals surface area contributed by atoms with Gasteiger partial charge in [-0.15, -0.1) is 0 Å². The quantitative estimate of drug-likeness (QED) is 0.902. The van der Waals surface area contributed by atoms with Gasteiger partial charge in [0.1, 0.15) is 0 Å². The number of aliphatic carboxylic acids is 1. The van der Waals surface area contributed by atoms with Gasteiger partial charge in [-0.05, 0) is 45.7 Å². The molecule has 0 spiro atoms. The highest BCUT2D eigenvalue weighted by Gasteiger charge is 2.39. The summed E-state index contributed by atoms with van der Waals surface area (Å²) < 4.78 is 0. The third-order valence-electron chi connectivity index (χ3n) is 3.97. The normalized spacial score (nSPS) is 22.6. The minimum absolute atomic E-state index is 0.0658. The molecule has 0 aromatic heterocycles. The number of hydrogen-bond donors (Lipinski definition) is 1. The number of nitrogens with zero attached hydrogens (tertiary/aromatic N) is 1.